The zero-order chi connectivity index (χ0) is 24.3. The number of sulfonamides is 1. The summed E-state index contributed by atoms with van der Waals surface area (Å²) >= 11 is 1.38. The first-order chi connectivity index (χ1) is 16.2. The Morgan fingerprint density at radius 3 is 2.50 bits per heavy atom. The highest BCUT2D eigenvalue weighted by atomic mass is 32.2. The summed E-state index contributed by atoms with van der Waals surface area (Å²) in [6.45, 7) is 4.89. The molecule has 0 amide bonds. The van der Waals surface area contributed by atoms with Crippen molar-refractivity contribution in [2.45, 2.75) is 18.7 Å². The average Bonchev–Trinajstić information content (AvgIpc) is 3.27. The Hall–Kier alpha value is -3.44. The molecule has 2 aromatic carbocycles. The van der Waals surface area contributed by atoms with Crippen LogP contribution in [0.2, 0.25) is 0 Å². The smallest absolute Gasteiger partial charge is 0.267 e. The maximum absolute atomic E-state index is 14.0. The molecular weight excluding hydrogens is 480 g/mol. The van der Waals surface area contributed by atoms with Crippen LogP contribution < -0.4 is 10.0 Å². The second-order valence-corrected chi connectivity index (χ2v) is 10.3. The molecule has 11 heteroatoms. The molecule has 0 aliphatic carbocycles. The topological polar surface area (TPSA) is 96.9 Å². The Labute approximate surface area is 200 Å². The molecule has 7 nitrogen and oxygen atoms in total. The van der Waals surface area contributed by atoms with Crippen LogP contribution in [0.1, 0.15) is 13.8 Å². The number of hydrogen-bond acceptors (Lipinski definition) is 7. The lowest BCUT2D eigenvalue weighted by Crippen LogP contribution is -2.16. The molecule has 4 aromatic rings. The van der Waals surface area contributed by atoms with E-state index in [-0.39, 0.29) is 5.69 Å². The summed E-state index contributed by atoms with van der Waals surface area (Å²) in [5.41, 5.74) is 3.68. The van der Waals surface area contributed by atoms with Crippen LogP contribution in [0.5, 0.6) is 0 Å². The molecule has 0 fully saturated rings. The van der Waals surface area contributed by atoms with E-state index >= 15 is 0 Å². The number of benzene rings is 2. The molecule has 2 N–H and O–H groups in total. The van der Waals surface area contributed by atoms with Crippen molar-refractivity contribution in [1.82, 2.24) is 15.0 Å². The number of rotatable bonds is 8. The molecular formula is C23H21F2N5O2S2. The Morgan fingerprint density at radius 2 is 1.76 bits per heavy atom. The molecule has 176 valence electrons. The van der Waals surface area contributed by atoms with Crippen molar-refractivity contribution >= 4 is 33.0 Å². The van der Waals surface area contributed by atoms with Crippen LogP contribution in [-0.2, 0) is 10.0 Å². The Kier molecular flexibility index (Phi) is 6.85. The zero-order valence-electron chi connectivity index (χ0n) is 18.3. The summed E-state index contributed by atoms with van der Waals surface area (Å²) in [6, 6.07) is 11.1. The van der Waals surface area contributed by atoms with Gasteiger partial charge in [-0.2, -0.15) is 0 Å². The number of halogens is 2. The first kappa shape index (κ1) is 23.7. The van der Waals surface area contributed by atoms with Crippen LogP contribution in [0.4, 0.5) is 20.4 Å². The van der Waals surface area contributed by atoms with Crippen LogP contribution in [0, 0.1) is 17.6 Å². The number of hydrogen-bond donors (Lipinski definition) is 2. The third-order valence-electron chi connectivity index (χ3n) is 4.70. The van der Waals surface area contributed by atoms with Gasteiger partial charge in [-0.15, -0.1) is 11.3 Å². The minimum atomic E-state index is -4.49. The van der Waals surface area contributed by atoms with Crippen LogP contribution >= 0.6 is 11.3 Å². The first-order valence-corrected chi connectivity index (χ1v) is 12.7. The summed E-state index contributed by atoms with van der Waals surface area (Å²) in [4.78, 5) is 13.0. The van der Waals surface area contributed by atoms with Gasteiger partial charge >= 0.3 is 0 Å². The van der Waals surface area contributed by atoms with E-state index in [2.05, 4.69) is 38.8 Å². The fourth-order valence-corrected chi connectivity index (χ4v) is 5.14. The van der Waals surface area contributed by atoms with Crippen molar-refractivity contribution in [3.63, 3.8) is 0 Å². The third kappa shape index (κ3) is 5.20. The van der Waals surface area contributed by atoms with E-state index in [0.29, 0.717) is 28.8 Å². The molecule has 0 aliphatic rings. The molecule has 2 aromatic heterocycles. The van der Waals surface area contributed by atoms with Gasteiger partial charge in [-0.3, -0.25) is 4.72 Å². The van der Waals surface area contributed by atoms with Crippen molar-refractivity contribution < 1.29 is 17.2 Å². The lowest BCUT2D eigenvalue weighted by molar-refractivity contribution is 0.521. The number of thiazole rings is 1. The minimum absolute atomic E-state index is 0.140. The van der Waals surface area contributed by atoms with Crippen molar-refractivity contribution in [1.29, 1.82) is 0 Å². The lowest BCUT2D eigenvalue weighted by atomic mass is 10.1. The molecule has 0 unspecified atom stereocenters. The molecule has 0 saturated carbocycles. The summed E-state index contributed by atoms with van der Waals surface area (Å²) in [6.07, 6.45) is 1.65. The van der Waals surface area contributed by atoms with Gasteiger partial charge in [0.25, 0.3) is 10.0 Å². The van der Waals surface area contributed by atoms with E-state index in [1.165, 1.54) is 17.4 Å². The van der Waals surface area contributed by atoms with Crippen molar-refractivity contribution in [2.24, 2.45) is 5.92 Å². The highest BCUT2D eigenvalue weighted by Gasteiger charge is 2.24. The standard InChI is InChI=1S/C23H21F2N5O2S2/c1-14(2)12-27-23-26-10-9-19(29-23)21-20(28-13-33-21)15-5-3-6-16(11-15)30-34(31,32)22-17(24)7-4-8-18(22)25/h3-11,13-14,30H,12H2,1-2H3,(H,26,27,29). The van der Waals surface area contributed by atoms with E-state index in [1.54, 1.807) is 36.0 Å². The molecule has 0 atom stereocenters. The van der Waals surface area contributed by atoms with E-state index < -0.39 is 26.6 Å². The Bertz CT molecular complexity index is 1400. The van der Waals surface area contributed by atoms with Crippen LogP contribution in [-0.4, -0.2) is 29.9 Å². The summed E-state index contributed by atoms with van der Waals surface area (Å²) in [5, 5.41) is 3.19. The fourth-order valence-electron chi connectivity index (χ4n) is 3.17. The molecule has 34 heavy (non-hydrogen) atoms. The quantitative estimate of drug-likeness (QED) is 0.335. The minimum Gasteiger partial charge on any atom is -0.354 e. The maximum atomic E-state index is 14.0. The van der Waals surface area contributed by atoms with Gasteiger partial charge in [-0.25, -0.2) is 32.2 Å². The van der Waals surface area contributed by atoms with Gasteiger partial charge in [-0.05, 0) is 36.2 Å². The predicted octanol–water partition coefficient (Wildman–Crippen LogP) is 5.41. The predicted molar refractivity (Wildman–Crippen MR) is 129 cm³/mol. The van der Waals surface area contributed by atoms with Gasteiger partial charge in [-0.1, -0.05) is 32.0 Å². The summed E-state index contributed by atoms with van der Waals surface area (Å²) < 4.78 is 55.6. The summed E-state index contributed by atoms with van der Waals surface area (Å²) in [7, 11) is -4.49. The molecule has 0 spiro atoms. The average molecular weight is 502 g/mol. The summed E-state index contributed by atoms with van der Waals surface area (Å²) in [5.74, 6) is -1.42. The molecule has 4 rings (SSSR count). The Balaban J connectivity index is 1.64. The van der Waals surface area contributed by atoms with Gasteiger partial charge in [0.15, 0.2) is 4.90 Å². The molecule has 0 radical (unpaired) electrons. The van der Waals surface area contributed by atoms with E-state index in [1.807, 2.05) is 0 Å². The molecule has 2 heterocycles. The second kappa shape index (κ2) is 9.82. The van der Waals surface area contributed by atoms with E-state index in [4.69, 9.17) is 0 Å². The Morgan fingerprint density at radius 1 is 1.03 bits per heavy atom. The SMILES string of the molecule is CC(C)CNc1nccc(-c2scnc2-c2cccc(NS(=O)(=O)c3c(F)cccc3F)c2)n1. The number of anilines is 2. The maximum Gasteiger partial charge on any atom is 0.267 e. The number of aromatic nitrogens is 3. The van der Waals surface area contributed by atoms with Crippen molar-refractivity contribution in [2.75, 3.05) is 16.6 Å². The number of nitrogens with one attached hydrogen (secondary N) is 2. The first-order valence-electron chi connectivity index (χ1n) is 10.3. The van der Waals surface area contributed by atoms with E-state index in [9.17, 15) is 17.2 Å². The molecule has 0 aliphatic heterocycles. The van der Waals surface area contributed by atoms with Crippen molar-refractivity contribution in [3.05, 3.63) is 71.9 Å². The van der Waals surface area contributed by atoms with Gasteiger partial charge in [0.1, 0.15) is 11.6 Å². The largest absolute Gasteiger partial charge is 0.354 e. The van der Waals surface area contributed by atoms with Gasteiger partial charge in [0.2, 0.25) is 5.95 Å². The van der Waals surface area contributed by atoms with Gasteiger partial charge < -0.3 is 5.32 Å². The van der Waals surface area contributed by atoms with Crippen LogP contribution in [0.15, 0.2) is 65.1 Å². The number of nitrogens with zero attached hydrogens (tertiary/aromatic N) is 3. The monoisotopic (exact) mass is 501 g/mol. The fraction of sp³-hybridized carbons (Fsp3) is 0.174. The lowest BCUT2D eigenvalue weighted by Gasteiger charge is -2.11. The van der Waals surface area contributed by atoms with Crippen LogP contribution in [0.25, 0.3) is 21.8 Å². The van der Waals surface area contributed by atoms with Gasteiger partial charge in [0.05, 0.1) is 21.8 Å². The zero-order valence-corrected chi connectivity index (χ0v) is 19.9. The normalized spacial score (nSPS) is 11.6. The highest BCUT2D eigenvalue weighted by molar-refractivity contribution is 7.92. The van der Waals surface area contributed by atoms with Crippen molar-refractivity contribution in [3.8, 4) is 21.8 Å². The highest BCUT2D eigenvalue weighted by Crippen LogP contribution is 2.35. The van der Waals surface area contributed by atoms with Gasteiger partial charge in [0, 0.05) is 24.0 Å². The third-order valence-corrected chi connectivity index (χ3v) is 6.98. The van der Waals surface area contributed by atoms with Crippen LogP contribution in [0.3, 0.4) is 0 Å². The molecule has 0 saturated heterocycles. The van der Waals surface area contributed by atoms with E-state index in [0.717, 1.165) is 29.6 Å². The second-order valence-electron chi connectivity index (χ2n) is 7.81. The molecule has 0 bridgehead atoms.